The average Bonchev–Trinajstić information content (AvgIpc) is 2.70. The van der Waals surface area contributed by atoms with Crippen LogP contribution < -0.4 is 10.6 Å². The highest BCUT2D eigenvalue weighted by Gasteiger charge is 2.35. The van der Waals surface area contributed by atoms with Crippen molar-refractivity contribution in [1.29, 1.82) is 0 Å². The first-order valence-corrected chi connectivity index (χ1v) is 7.57. The molecule has 1 aliphatic carbocycles. The third-order valence-electron chi connectivity index (χ3n) is 4.83. The van der Waals surface area contributed by atoms with Gasteiger partial charge in [0.05, 0.1) is 11.4 Å². The molecule has 0 radical (unpaired) electrons. The van der Waals surface area contributed by atoms with E-state index in [2.05, 4.69) is 36.4 Å². The van der Waals surface area contributed by atoms with Gasteiger partial charge in [0, 0.05) is 24.0 Å². The molecule has 1 aliphatic heterocycles. The Morgan fingerprint density at radius 1 is 1.43 bits per heavy atom. The Morgan fingerprint density at radius 3 is 2.71 bits per heavy atom. The number of aromatic nitrogens is 1. The van der Waals surface area contributed by atoms with E-state index in [1.165, 1.54) is 19.3 Å². The number of carboxylic acid groups (broad SMARTS) is 1. The van der Waals surface area contributed by atoms with Crippen LogP contribution in [0.15, 0.2) is 6.07 Å². The van der Waals surface area contributed by atoms with E-state index in [1.54, 1.807) is 6.07 Å². The zero-order chi connectivity index (χ0) is 15.3. The summed E-state index contributed by atoms with van der Waals surface area (Å²) in [6, 6.07) is 1.70. The first-order valence-electron chi connectivity index (χ1n) is 7.57. The van der Waals surface area contributed by atoms with Crippen LogP contribution in [0, 0.1) is 0 Å². The van der Waals surface area contributed by atoms with E-state index in [9.17, 15) is 9.90 Å². The number of nitrogens with zero attached hydrogens (tertiary/aromatic N) is 1. The number of carboxylic acids is 1. The van der Waals surface area contributed by atoms with Gasteiger partial charge in [-0.15, -0.1) is 0 Å². The van der Waals surface area contributed by atoms with Gasteiger partial charge < -0.3 is 15.7 Å². The van der Waals surface area contributed by atoms with Gasteiger partial charge in [-0.25, -0.2) is 9.78 Å². The number of aromatic carboxylic acids is 1. The summed E-state index contributed by atoms with van der Waals surface area (Å²) in [6.07, 6.45) is 3.64. The number of hydrogen-bond donors (Lipinski definition) is 3. The summed E-state index contributed by atoms with van der Waals surface area (Å²) in [7, 11) is 0. The third-order valence-corrected chi connectivity index (χ3v) is 4.83. The van der Waals surface area contributed by atoms with Crippen molar-refractivity contribution >= 4 is 11.7 Å². The SMILES string of the molecule is CC1(NCc2cc(C(=O)O)nc3c2NCC3(C)C)CCC1. The van der Waals surface area contributed by atoms with Gasteiger partial charge in [0.2, 0.25) is 0 Å². The number of nitrogens with one attached hydrogen (secondary N) is 2. The fourth-order valence-corrected chi connectivity index (χ4v) is 3.12. The molecular formula is C16H23N3O2. The lowest BCUT2D eigenvalue weighted by Crippen LogP contribution is -2.47. The Morgan fingerprint density at radius 2 is 2.14 bits per heavy atom. The lowest BCUT2D eigenvalue weighted by atomic mass is 9.78. The summed E-state index contributed by atoms with van der Waals surface area (Å²) in [6.45, 7) is 7.89. The van der Waals surface area contributed by atoms with Gasteiger partial charge in [-0.2, -0.15) is 0 Å². The van der Waals surface area contributed by atoms with Gasteiger partial charge in [-0.3, -0.25) is 0 Å². The van der Waals surface area contributed by atoms with E-state index in [0.717, 1.165) is 23.5 Å². The molecule has 2 heterocycles. The van der Waals surface area contributed by atoms with Crippen LogP contribution in [0.3, 0.4) is 0 Å². The monoisotopic (exact) mass is 289 g/mol. The lowest BCUT2D eigenvalue weighted by molar-refractivity contribution is 0.0690. The Kier molecular flexibility index (Phi) is 3.20. The van der Waals surface area contributed by atoms with Crippen LogP contribution in [0.5, 0.6) is 0 Å². The van der Waals surface area contributed by atoms with E-state index in [0.29, 0.717) is 6.54 Å². The normalized spacial score (nSPS) is 21.3. The highest BCUT2D eigenvalue weighted by molar-refractivity contribution is 5.86. The van der Waals surface area contributed by atoms with Crippen molar-refractivity contribution in [3.8, 4) is 0 Å². The molecule has 114 valence electrons. The second kappa shape index (κ2) is 4.70. The smallest absolute Gasteiger partial charge is 0.354 e. The van der Waals surface area contributed by atoms with Gasteiger partial charge in [0.1, 0.15) is 5.69 Å². The van der Waals surface area contributed by atoms with Gasteiger partial charge in [-0.05, 0) is 37.8 Å². The molecule has 1 aromatic heterocycles. The van der Waals surface area contributed by atoms with Crippen molar-refractivity contribution in [2.24, 2.45) is 0 Å². The summed E-state index contributed by atoms with van der Waals surface area (Å²) in [4.78, 5) is 15.7. The molecule has 0 saturated heterocycles. The predicted molar refractivity (Wildman–Crippen MR) is 81.8 cm³/mol. The summed E-state index contributed by atoms with van der Waals surface area (Å²) < 4.78 is 0. The number of hydrogen-bond acceptors (Lipinski definition) is 4. The molecule has 3 rings (SSSR count). The molecule has 1 fully saturated rings. The van der Waals surface area contributed by atoms with Crippen molar-refractivity contribution in [3.63, 3.8) is 0 Å². The fraction of sp³-hybridized carbons (Fsp3) is 0.625. The van der Waals surface area contributed by atoms with Gasteiger partial charge in [0.25, 0.3) is 0 Å². The van der Waals surface area contributed by atoms with E-state index in [4.69, 9.17) is 0 Å². The summed E-state index contributed by atoms with van der Waals surface area (Å²) in [5.74, 6) is -0.961. The Bertz CT molecular complexity index is 591. The highest BCUT2D eigenvalue weighted by Crippen LogP contribution is 2.38. The maximum atomic E-state index is 11.3. The summed E-state index contributed by atoms with van der Waals surface area (Å²) in [5, 5.41) is 16.3. The standard InChI is InChI=1S/C16H23N3O2/c1-15(2)9-17-12-10(8-18-16(3)5-4-6-16)7-11(14(20)21)19-13(12)15/h7,17-18H,4-6,8-9H2,1-3H3,(H,20,21). The second-order valence-electron chi connectivity index (χ2n) is 7.20. The van der Waals surface area contributed by atoms with Crippen LogP contribution >= 0.6 is 0 Å². The van der Waals surface area contributed by atoms with E-state index >= 15 is 0 Å². The molecule has 0 aromatic carbocycles. The largest absolute Gasteiger partial charge is 0.477 e. The Balaban J connectivity index is 1.93. The zero-order valence-corrected chi connectivity index (χ0v) is 12.9. The maximum Gasteiger partial charge on any atom is 0.354 e. The molecule has 1 saturated carbocycles. The molecule has 0 atom stereocenters. The van der Waals surface area contributed by atoms with Crippen molar-refractivity contribution in [2.75, 3.05) is 11.9 Å². The Labute approximate surface area is 125 Å². The summed E-state index contributed by atoms with van der Waals surface area (Å²) in [5.41, 5.74) is 3.11. The quantitative estimate of drug-likeness (QED) is 0.794. The number of fused-ring (bicyclic) bond motifs is 1. The summed E-state index contributed by atoms with van der Waals surface area (Å²) >= 11 is 0. The molecule has 5 nitrogen and oxygen atoms in total. The van der Waals surface area contributed by atoms with Crippen molar-refractivity contribution in [2.45, 2.75) is 57.5 Å². The third kappa shape index (κ3) is 2.50. The molecular weight excluding hydrogens is 266 g/mol. The molecule has 0 spiro atoms. The van der Waals surface area contributed by atoms with E-state index < -0.39 is 5.97 Å². The molecule has 2 aliphatic rings. The highest BCUT2D eigenvalue weighted by atomic mass is 16.4. The molecule has 0 unspecified atom stereocenters. The molecule has 0 bridgehead atoms. The topological polar surface area (TPSA) is 74.2 Å². The molecule has 21 heavy (non-hydrogen) atoms. The van der Waals surface area contributed by atoms with Crippen molar-refractivity contribution in [3.05, 3.63) is 23.0 Å². The maximum absolute atomic E-state index is 11.3. The van der Waals surface area contributed by atoms with Gasteiger partial charge in [0.15, 0.2) is 0 Å². The first-order chi connectivity index (χ1) is 9.81. The number of rotatable bonds is 4. The second-order valence-corrected chi connectivity index (χ2v) is 7.20. The molecule has 5 heteroatoms. The van der Waals surface area contributed by atoms with E-state index in [1.807, 2.05) is 0 Å². The first kappa shape index (κ1) is 14.3. The minimum absolute atomic E-state index is 0.129. The number of pyridine rings is 1. The minimum atomic E-state index is -0.961. The van der Waals surface area contributed by atoms with E-state index in [-0.39, 0.29) is 16.6 Å². The average molecular weight is 289 g/mol. The van der Waals surface area contributed by atoms with Crippen LogP contribution in [-0.2, 0) is 12.0 Å². The van der Waals surface area contributed by atoms with Crippen molar-refractivity contribution in [1.82, 2.24) is 10.3 Å². The van der Waals surface area contributed by atoms with Crippen molar-refractivity contribution < 1.29 is 9.90 Å². The van der Waals surface area contributed by atoms with Crippen LogP contribution in [0.2, 0.25) is 0 Å². The van der Waals surface area contributed by atoms with Gasteiger partial charge >= 0.3 is 5.97 Å². The van der Waals surface area contributed by atoms with Gasteiger partial charge in [-0.1, -0.05) is 13.8 Å². The van der Waals surface area contributed by atoms with Crippen LogP contribution in [0.25, 0.3) is 0 Å². The van der Waals surface area contributed by atoms with Crippen LogP contribution in [0.4, 0.5) is 5.69 Å². The number of carbonyl (C=O) groups is 1. The molecule has 1 aromatic rings. The lowest BCUT2D eigenvalue weighted by Gasteiger charge is -2.39. The fourth-order valence-electron chi connectivity index (χ4n) is 3.12. The van der Waals surface area contributed by atoms with Crippen LogP contribution in [0.1, 0.15) is 61.8 Å². The Hall–Kier alpha value is -1.62. The predicted octanol–water partition coefficient (Wildman–Crippen LogP) is 2.52. The molecule has 3 N–H and O–H groups in total. The van der Waals surface area contributed by atoms with Crippen LogP contribution in [-0.4, -0.2) is 28.1 Å². The zero-order valence-electron chi connectivity index (χ0n) is 12.9. The molecule has 0 amide bonds. The minimum Gasteiger partial charge on any atom is -0.477 e. The number of anilines is 1.